The van der Waals surface area contributed by atoms with Crippen LogP contribution in [0.4, 0.5) is 0 Å². The van der Waals surface area contributed by atoms with Gasteiger partial charge in [0.15, 0.2) is 0 Å². The second-order valence-corrected chi connectivity index (χ2v) is 5.40. The molecule has 0 aromatic heterocycles. The van der Waals surface area contributed by atoms with Crippen LogP contribution in [0.25, 0.3) is 0 Å². The van der Waals surface area contributed by atoms with Crippen molar-refractivity contribution in [2.45, 2.75) is 32.7 Å². The van der Waals surface area contributed by atoms with Crippen LogP contribution in [-0.4, -0.2) is 17.0 Å². The zero-order chi connectivity index (χ0) is 16.7. The van der Waals surface area contributed by atoms with Gasteiger partial charge in [-0.1, -0.05) is 43.3 Å². The molecule has 23 heavy (non-hydrogen) atoms. The predicted molar refractivity (Wildman–Crippen MR) is 89.4 cm³/mol. The highest BCUT2D eigenvalue weighted by atomic mass is 16.4. The van der Waals surface area contributed by atoms with E-state index < -0.39 is 5.97 Å². The number of aryl methyl sites for hydroxylation is 2. The van der Waals surface area contributed by atoms with Crippen molar-refractivity contribution >= 4 is 11.9 Å². The smallest absolute Gasteiger partial charge is 0.335 e. The molecule has 2 aromatic rings. The molecule has 0 aliphatic carbocycles. The Morgan fingerprint density at radius 3 is 2.26 bits per heavy atom. The SMILES string of the molecule is CCc1ccccc1CNC(=O)CCc1ccc(C(=O)O)cc1. The number of hydrogen-bond acceptors (Lipinski definition) is 2. The molecule has 0 heterocycles. The third-order valence-corrected chi connectivity index (χ3v) is 3.82. The molecule has 4 nitrogen and oxygen atoms in total. The number of benzene rings is 2. The molecule has 120 valence electrons. The summed E-state index contributed by atoms with van der Waals surface area (Å²) in [7, 11) is 0. The van der Waals surface area contributed by atoms with Gasteiger partial charge in [-0.3, -0.25) is 4.79 Å². The zero-order valence-corrected chi connectivity index (χ0v) is 13.2. The largest absolute Gasteiger partial charge is 0.478 e. The Balaban J connectivity index is 1.82. The van der Waals surface area contributed by atoms with Crippen molar-refractivity contribution < 1.29 is 14.7 Å². The first-order valence-corrected chi connectivity index (χ1v) is 7.76. The molecule has 0 saturated heterocycles. The molecule has 0 radical (unpaired) electrons. The Kier molecular flexibility index (Phi) is 5.92. The lowest BCUT2D eigenvalue weighted by atomic mass is 10.0. The minimum Gasteiger partial charge on any atom is -0.478 e. The highest BCUT2D eigenvalue weighted by Crippen LogP contribution is 2.10. The molecular formula is C19H21NO3. The van der Waals surface area contributed by atoms with E-state index in [1.54, 1.807) is 24.3 Å². The molecule has 0 fully saturated rings. The first-order chi connectivity index (χ1) is 11.1. The third kappa shape index (κ3) is 4.95. The summed E-state index contributed by atoms with van der Waals surface area (Å²) in [5.41, 5.74) is 3.61. The first-order valence-electron chi connectivity index (χ1n) is 7.76. The second-order valence-electron chi connectivity index (χ2n) is 5.40. The minimum absolute atomic E-state index is 0.00165. The van der Waals surface area contributed by atoms with Crippen LogP contribution in [-0.2, 0) is 24.2 Å². The normalized spacial score (nSPS) is 10.3. The van der Waals surface area contributed by atoms with Crippen LogP contribution in [0.1, 0.15) is 40.4 Å². The molecule has 0 aliphatic heterocycles. The summed E-state index contributed by atoms with van der Waals surface area (Å²) in [6.07, 6.45) is 1.93. The van der Waals surface area contributed by atoms with E-state index in [-0.39, 0.29) is 11.5 Å². The van der Waals surface area contributed by atoms with E-state index in [0.29, 0.717) is 19.4 Å². The number of carbonyl (C=O) groups excluding carboxylic acids is 1. The Bertz CT molecular complexity index is 677. The third-order valence-electron chi connectivity index (χ3n) is 3.82. The topological polar surface area (TPSA) is 66.4 Å². The van der Waals surface area contributed by atoms with Gasteiger partial charge < -0.3 is 10.4 Å². The lowest BCUT2D eigenvalue weighted by Gasteiger charge is -2.09. The fraction of sp³-hybridized carbons (Fsp3) is 0.263. The van der Waals surface area contributed by atoms with Gasteiger partial charge in [0.1, 0.15) is 0 Å². The van der Waals surface area contributed by atoms with Crippen molar-refractivity contribution in [1.29, 1.82) is 0 Å². The van der Waals surface area contributed by atoms with Crippen LogP contribution in [0.3, 0.4) is 0 Å². The number of carbonyl (C=O) groups is 2. The Hall–Kier alpha value is -2.62. The summed E-state index contributed by atoms with van der Waals surface area (Å²) >= 11 is 0. The Morgan fingerprint density at radius 1 is 1.00 bits per heavy atom. The van der Waals surface area contributed by atoms with Gasteiger partial charge in [-0.25, -0.2) is 4.79 Å². The van der Waals surface area contributed by atoms with Gasteiger partial charge in [-0.05, 0) is 41.7 Å². The van der Waals surface area contributed by atoms with E-state index in [1.165, 1.54) is 5.56 Å². The number of aromatic carboxylic acids is 1. The average molecular weight is 311 g/mol. The van der Waals surface area contributed by atoms with Crippen LogP contribution in [0.15, 0.2) is 48.5 Å². The van der Waals surface area contributed by atoms with Crippen molar-refractivity contribution in [3.8, 4) is 0 Å². The van der Waals surface area contributed by atoms with Gasteiger partial charge in [0, 0.05) is 13.0 Å². The standard InChI is InChI=1S/C19H21NO3/c1-2-15-5-3-4-6-17(15)13-20-18(21)12-9-14-7-10-16(11-8-14)19(22)23/h3-8,10-11H,2,9,12-13H2,1H3,(H,20,21)(H,22,23). The van der Waals surface area contributed by atoms with Gasteiger partial charge in [-0.2, -0.15) is 0 Å². The van der Waals surface area contributed by atoms with Crippen LogP contribution in [0, 0.1) is 0 Å². The Morgan fingerprint density at radius 2 is 1.65 bits per heavy atom. The predicted octanol–water partition coefficient (Wildman–Crippen LogP) is 3.20. The second kappa shape index (κ2) is 8.13. The molecule has 0 unspecified atom stereocenters. The number of rotatable bonds is 7. The fourth-order valence-electron chi connectivity index (χ4n) is 2.43. The highest BCUT2D eigenvalue weighted by molar-refractivity contribution is 5.87. The van der Waals surface area contributed by atoms with Crippen molar-refractivity contribution in [2.75, 3.05) is 0 Å². The number of hydrogen-bond donors (Lipinski definition) is 2. The lowest BCUT2D eigenvalue weighted by Crippen LogP contribution is -2.23. The molecule has 1 amide bonds. The zero-order valence-electron chi connectivity index (χ0n) is 13.2. The van der Waals surface area contributed by atoms with Crippen LogP contribution in [0.5, 0.6) is 0 Å². The van der Waals surface area contributed by atoms with Crippen molar-refractivity contribution in [1.82, 2.24) is 5.32 Å². The summed E-state index contributed by atoms with van der Waals surface area (Å²) in [5, 5.41) is 11.8. The van der Waals surface area contributed by atoms with Crippen molar-refractivity contribution in [2.24, 2.45) is 0 Å². The average Bonchev–Trinajstić information content (AvgIpc) is 2.58. The van der Waals surface area contributed by atoms with E-state index in [0.717, 1.165) is 17.5 Å². The van der Waals surface area contributed by atoms with Gasteiger partial charge in [0.05, 0.1) is 5.56 Å². The van der Waals surface area contributed by atoms with Gasteiger partial charge >= 0.3 is 5.97 Å². The summed E-state index contributed by atoms with van der Waals surface area (Å²) in [5.74, 6) is -0.943. The molecule has 0 bridgehead atoms. The number of amides is 1. The molecule has 2 N–H and O–H groups in total. The van der Waals surface area contributed by atoms with E-state index in [2.05, 4.69) is 18.3 Å². The van der Waals surface area contributed by atoms with Crippen molar-refractivity contribution in [3.63, 3.8) is 0 Å². The van der Waals surface area contributed by atoms with Gasteiger partial charge in [-0.15, -0.1) is 0 Å². The maximum atomic E-state index is 12.0. The van der Waals surface area contributed by atoms with Gasteiger partial charge in [0.2, 0.25) is 5.91 Å². The maximum Gasteiger partial charge on any atom is 0.335 e. The molecule has 0 atom stereocenters. The molecule has 2 aromatic carbocycles. The molecule has 0 spiro atoms. The number of carboxylic acids is 1. The molecule has 2 rings (SSSR count). The van der Waals surface area contributed by atoms with E-state index in [1.807, 2.05) is 18.2 Å². The van der Waals surface area contributed by atoms with E-state index >= 15 is 0 Å². The van der Waals surface area contributed by atoms with Crippen LogP contribution < -0.4 is 5.32 Å². The van der Waals surface area contributed by atoms with Gasteiger partial charge in [0.25, 0.3) is 0 Å². The van der Waals surface area contributed by atoms with Crippen LogP contribution >= 0.6 is 0 Å². The fourth-order valence-corrected chi connectivity index (χ4v) is 2.43. The lowest BCUT2D eigenvalue weighted by molar-refractivity contribution is -0.121. The maximum absolute atomic E-state index is 12.0. The first kappa shape index (κ1) is 16.7. The Labute approximate surface area is 136 Å². The van der Waals surface area contributed by atoms with E-state index in [4.69, 9.17) is 5.11 Å². The minimum atomic E-state index is -0.941. The number of nitrogens with one attached hydrogen (secondary N) is 1. The highest BCUT2D eigenvalue weighted by Gasteiger charge is 2.06. The molecule has 0 aliphatic rings. The molecule has 4 heteroatoms. The molecule has 0 saturated carbocycles. The van der Waals surface area contributed by atoms with Crippen molar-refractivity contribution in [3.05, 3.63) is 70.8 Å². The summed E-state index contributed by atoms with van der Waals surface area (Å²) in [6, 6.07) is 14.7. The quantitative estimate of drug-likeness (QED) is 0.825. The van der Waals surface area contributed by atoms with E-state index in [9.17, 15) is 9.59 Å². The molecular weight excluding hydrogens is 290 g/mol. The number of carboxylic acid groups (broad SMARTS) is 1. The summed E-state index contributed by atoms with van der Waals surface area (Å²) < 4.78 is 0. The summed E-state index contributed by atoms with van der Waals surface area (Å²) in [6.45, 7) is 2.64. The van der Waals surface area contributed by atoms with Crippen LogP contribution in [0.2, 0.25) is 0 Å². The monoisotopic (exact) mass is 311 g/mol. The summed E-state index contributed by atoms with van der Waals surface area (Å²) in [4.78, 5) is 22.7.